The maximum absolute atomic E-state index is 13.0. The van der Waals surface area contributed by atoms with Crippen LogP contribution in [0.5, 0.6) is 17.2 Å². The van der Waals surface area contributed by atoms with Gasteiger partial charge in [0.15, 0.2) is 11.5 Å². The van der Waals surface area contributed by atoms with Crippen molar-refractivity contribution in [1.29, 1.82) is 0 Å². The van der Waals surface area contributed by atoms with Gasteiger partial charge in [-0.25, -0.2) is 0 Å². The van der Waals surface area contributed by atoms with E-state index in [9.17, 15) is 14.7 Å². The molecule has 0 spiro atoms. The van der Waals surface area contributed by atoms with Gasteiger partial charge in [0, 0.05) is 43.6 Å². The third kappa shape index (κ3) is 6.09. The van der Waals surface area contributed by atoms with Crippen molar-refractivity contribution in [3.8, 4) is 17.2 Å². The van der Waals surface area contributed by atoms with Crippen LogP contribution in [-0.2, 0) is 11.4 Å². The van der Waals surface area contributed by atoms with Crippen molar-refractivity contribution in [2.24, 2.45) is 4.99 Å². The van der Waals surface area contributed by atoms with Gasteiger partial charge in [-0.15, -0.1) is 0 Å². The number of amides is 2. The number of aliphatic imine (C=N–C) groups is 1. The van der Waals surface area contributed by atoms with Crippen molar-refractivity contribution in [1.82, 2.24) is 9.80 Å². The fraction of sp³-hybridized carbons (Fsp3) is 0.433. The number of ether oxygens (including phenoxy) is 3. The third-order valence-corrected chi connectivity index (χ3v) is 7.40. The Morgan fingerprint density at radius 1 is 1.03 bits per heavy atom. The molecule has 3 heterocycles. The van der Waals surface area contributed by atoms with E-state index in [-0.39, 0.29) is 37.7 Å². The zero-order chi connectivity index (χ0) is 27.2. The summed E-state index contributed by atoms with van der Waals surface area (Å²) in [5, 5.41) is 9.92. The summed E-state index contributed by atoms with van der Waals surface area (Å²) in [6.45, 7) is 2.55. The lowest BCUT2D eigenvalue weighted by Crippen LogP contribution is -2.35. The summed E-state index contributed by atoms with van der Waals surface area (Å²) in [4.78, 5) is 33.7. The van der Waals surface area contributed by atoms with E-state index in [4.69, 9.17) is 14.2 Å². The smallest absolute Gasteiger partial charge is 0.256 e. The highest BCUT2D eigenvalue weighted by Crippen LogP contribution is 2.34. The number of nitrogens with zero attached hydrogens (tertiary/aromatic N) is 3. The number of aliphatic hydroxyl groups is 1. The highest BCUT2D eigenvalue weighted by atomic mass is 16.5. The zero-order valence-corrected chi connectivity index (χ0v) is 22.3. The van der Waals surface area contributed by atoms with Gasteiger partial charge in [0.25, 0.3) is 5.91 Å². The van der Waals surface area contributed by atoms with E-state index in [1.165, 1.54) is 6.42 Å². The number of rotatable bonds is 9. The van der Waals surface area contributed by atoms with Gasteiger partial charge in [0.2, 0.25) is 5.91 Å². The molecule has 0 radical (unpaired) electrons. The zero-order valence-electron chi connectivity index (χ0n) is 22.3. The molecule has 2 saturated heterocycles. The van der Waals surface area contributed by atoms with Crippen LogP contribution in [0.1, 0.15) is 53.6 Å². The lowest BCUT2D eigenvalue weighted by molar-refractivity contribution is -0.126. The number of hydrogen-bond acceptors (Lipinski definition) is 7. The van der Waals surface area contributed by atoms with Crippen molar-refractivity contribution in [2.45, 2.75) is 44.8 Å². The fourth-order valence-electron chi connectivity index (χ4n) is 5.27. The Balaban J connectivity index is 1.19. The van der Waals surface area contributed by atoms with Crippen LogP contribution < -0.4 is 14.2 Å². The van der Waals surface area contributed by atoms with Crippen LogP contribution in [-0.4, -0.2) is 78.9 Å². The number of carbonyl (C=O) groups excluding carboxylic acids is 2. The molecule has 3 aliphatic rings. The van der Waals surface area contributed by atoms with Gasteiger partial charge in [-0.1, -0.05) is 6.07 Å². The number of aliphatic hydroxyl groups excluding tert-OH is 1. The maximum Gasteiger partial charge on any atom is 0.256 e. The fourth-order valence-corrected chi connectivity index (χ4v) is 5.27. The molecule has 206 valence electrons. The van der Waals surface area contributed by atoms with E-state index in [1.54, 1.807) is 37.5 Å². The van der Waals surface area contributed by atoms with E-state index >= 15 is 0 Å². The predicted molar refractivity (Wildman–Crippen MR) is 148 cm³/mol. The van der Waals surface area contributed by atoms with Crippen LogP contribution >= 0.6 is 0 Å². The Morgan fingerprint density at radius 3 is 2.59 bits per heavy atom. The average molecular weight is 534 g/mol. The van der Waals surface area contributed by atoms with E-state index < -0.39 is 0 Å². The van der Waals surface area contributed by atoms with Gasteiger partial charge in [-0.2, -0.15) is 0 Å². The summed E-state index contributed by atoms with van der Waals surface area (Å²) in [7, 11) is 1.57. The van der Waals surface area contributed by atoms with E-state index in [0.29, 0.717) is 34.1 Å². The first-order valence-electron chi connectivity index (χ1n) is 13.6. The topological polar surface area (TPSA) is 101 Å². The third-order valence-electron chi connectivity index (χ3n) is 7.40. The minimum Gasteiger partial charge on any atom is -0.493 e. The minimum atomic E-state index is -0.257. The molecule has 1 N–H and O–H groups in total. The Bertz CT molecular complexity index is 1270. The van der Waals surface area contributed by atoms with Crippen molar-refractivity contribution < 1.29 is 28.9 Å². The first-order chi connectivity index (χ1) is 19.1. The van der Waals surface area contributed by atoms with Crippen molar-refractivity contribution in [2.75, 3.05) is 40.0 Å². The van der Waals surface area contributed by atoms with E-state index in [1.807, 2.05) is 28.1 Å². The molecule has 9 heteroatoms. The molecule has 2 fully saturated rings. The minimum absolute atomic E-state index is 0.0206. The lowest BCUT2D eigenvalue weighted by atomic mass is 10.1. The van der Waals surface area contributed by atoms with Gasteiger partial charge >= 0.3 is 0 Å². The van der Waals surface area contributed by atoms with Crippen LogP contribution in [0.25, 0.3) is 6.08 Å². The normalized spacial score (nSPS) is 18.6. The van der Waals surface area contributed by atoms with Crippen molar-refractivity contribution >= 4 is 29.8 Å². The molecule has 0 aliphatic carbocycles. The summed E-state index contributed by atoms with van der Waals surface area (Å²) in [6, 6.07) is 8.91. The molecule has 3 aliphatic heterocycles. The quantitative estimate of drug-likeness (QED) is 0.386. The molecule has 0 bridgehead atoms. The largest absolute Gasteiger partial charge is 0.493 e. The van der Waals surface area contributed by atoms with Gasteiger partial charge in [0.05, 0.1) is 31.0 Å². The van der Waals surface area contributed by atoms with E-state index in [0.717, 1.165) is 50.9 Å². The Kier molecular flexibility index (Phi) is 8.46. The second kappa shape index (κ2) is 12.3. The van der Waals surface area contributed by atoms with Gasteiger partial charge in [-0.3, -0.25) is 14.6 Å². The molecule has 5 rings (SSSR count). The predicted octanol–water partition coefficient (Wildman–Crippen LogP) is 3.99. The number of likely N-dealkylation sites (tertiary alicyclic amines) is 1. The Hall–Kier alpha value is -3.85. The standard InChI is InChI=1S/C30H35N3O6/c1-37-28-16-21(8-10-29(35)32-11-3-2-4-12-32)7-9-26(28)38-14-15-39-27-18-25-24(17-22(27)20-34)30(36)33-13-5-6-23(33)19-31-25/h7-10,16-19,23,34H,2-6,11-15,20H2,1H3/b10-8+/t23-/m0/s1. The Morgan fingerprint density at radius 2 is 1.82 bits per heavy atom. The summed E-state index contributed by atoms with van der Waals surface area (Å²) in [5.41, 5.74) is 2.41. The summed E-state index contributed by atoms with van der Waals surface area (Å²) < 4.78 is 17.3. The van der Waals surface area contributed by atoms with Crippen molar-refractivity contribution in [3.63, 3.8) is 0 Å². The first-order valence-corrected chi connectivity index (χ1v) is 13.6. The highest BCUT2D eigenvalue weighted by molar-refractivity contribution is 6.03. The first kappa shape index (κ1) is 26.7. The Labute approximate surface area is 228 Å². The van der Waals surface area contributed by atoms with Gasteiger partial charge in [-0.05, 0) is 61.9 Å². The molecular formula is C30H35N3O6. The summed E-state index contributed by atoms with van der Waals surface area (Å²) in [6.07, 6.45) is 10.4. The number of methoxy groups -OCH3 is 1. The van der Waals surface area contributed by atoms with Crippen LogP contribution in [0.3, 0.4) is 0 Å². The van der Waals surface area contributed by atoms with Crippen LogP contribution in [0, 0.1) is 0 Å². The molecule has 0 unspecified atom stereocenters. The molecule has 39 heavy (non-hydrogen) atoms. The molecule has 0 saturated carbocycles. The van der Waals surface area contributed by atoms with Gasteiger partial charge in [0.1, 0.15) is 19.0 Å². The molecule has 9 nitrogen and oxygen atoms in total. The molecule has 0 aromatic heterocycles. The summed E-state index contributed by atoms with van der Waals surface area (Å²) in [5.74, 6) is 1.55. The molecule has 2 amide bonds. The van der Waals surface area contributed by atoms with Crippen LogP contribution in [0.2, 0.25) is 0 Å². The lowest BCUT2D eigenvalue weighted by Gasteiger charge is -2.25. The number of benzene rings is 2. The number of piperidine rings is 1. The number of hydrogen-bond donors (Lipinski definition) is 1. The maximum atomic E-state index is 13.0. The molecule has 1 atom stereocenters. The van der Waals surface area contributed by atoms with Crippen LogP contribution in [0.15, 0.2) is 41.4 Å². The molecule has 2 aromatic rings. The van der Waals surface area contributed by atoms with Gasteiger partial charge < -0.3 is 29.1 Å². The summed E-state index contributed by atoms with van der Waals surface area (Å²) >= 11 is 0. The van der Waals surface area contributed by atoms with Crippen molar-refractivity contribution in [3.05, 3.63) is 53.1 Å². The highest BCUT2D eigenvalue weighted by Gasteiger charge is 2.32. The molecular weight excluding hydrogens is 498 g/mol. The molecule has 2 aromatic carbocycles. The second-order valence-corrected chi connectivity index (χ2v) is 9.95. The SMILES string of the molecule is COc1cc(/C=C/C(=O)N2CCCCC2)ccc1OCCOc1cc2c(cc1CO)C(=O)N1CCC[C@H]1C=N2. The number of carbonyl (C=O) groups is 2. The second-order valence-electron chi connectivity index (χ2n) is 9.95. The monoisotopic (exact) mass is 533 g/mol. The van der Waals surface area contributed by atoms with Crippen LogP contribution in [0.4, 0.5) is 5.69 Å². The average Bonchev–Trinajstić information content (AvgIpc) is 3.41. The van der Waals surface area contributed by atoms with E-state index in [2.05, 4.69) is 4.99 Å². The number of fused-ring (bicyclic) bond motifs is 2.